The fourth-order valence-electron chi connectivity index (χ4n) is 4.91. The van der Waals surface area contributed by atoms with E-state index in [1.54, 1.807) is 0 Å². The Morgan fingerprint density at radius 1 is 1.07 bits per heavy atom. The number of anilines is 1. The first-order chi connectivity index (χ1) is 14.4. The van der Waals surface area contributed by atoms with Crippen LogP contribution in [-0.2, 0) is 14.3 Å². The van der Waals surface area contributed by atoms with Gasteiger partial charge in [0.25, 0.3) is 0 Å². The van der Waals surface area contributed by atoms with Crippen LogP contribution in [0.2, 0.25) is 0 Å². The van der Waals surface area contributed by atoms with Gasteiger partial charge in [0.1, 0.15) is 0 Å². The van der Waals surface area contributed by atoms with E-state index in [2.05, 4.69) is 13.5 Å². The largest absolute Gasteiger partial charge is 0.499 e. The molecule has 0 atom stereocenters. The number of aryl methyl sites for hydroxylation is 1. The fourth-order valence-corrected chi connectivity index (χ4v) is 4.91. The first kappa shape index (κ1) is 22.4. The van der Waals surface area contributed by atoms with Crippen molar-refractivity contribution < 1.29 is 19.1 Å². The lowest BCUT2D eigenvalue weighted by Gasteiger charge is -2.40. The Balaban J connectivity index is 1.93. The number of methoxy groups -OCH3 is 1. The summed E-state index contributed by atoms with van der Waals surface area (Å²) in [6.45, 7) is 7.87. The van der Waals surface area contributed by atoms with Crippen LogP contribution < -0.4 is 4.90 Å². The standard InChI is InChI=1S/C25H35NO4/c1-5-30-21-13-11-20(12-14-21)26(24(27)19-9-6-17(2)7-10-19)23-15-8-18(3)16-22(23)25(28)29-4/h5,8,15-17,19-21H,1,6-7,9-14H2,2-4H3. The van der Waals surface area contributed by atoms with Crippen LogP contribution in [0.4, 0.5) is 5.69 Å². The number of esters is 1. The maximum atomic E-state index is 13.8. The zero-order chi connectivity index (χ0) is 21.7. The lowest BCUT2D eigenvalue weighted by atomic mass is 9.81. The number of amides is 1. The summed E-state index contributed by atoms with van der Waals surface area (Å²) >= 11 is 0. The summed E-state index contributed by atoms with van der Waals surface area (Å²) in [5.41, 5.74) is 2.13. The summed E-state index contributed by atoms with van der Waals surface area (Å²) in [4.78, 5) is 28.3. The number of benzene rings is 1. The minimum Gasteiger partial charge on any atom is -0.499 e. The van der Waals surface area contributed by atoms with Crippen LogP contribution in [0.3, 0.4) is 0 Å². The number of ether oxygens (including phenoxy) is 2. The molecule has 2 saturated carbocycles. The molecular weight excluding hydrogens is 378 g/mol. The highest BCUT2D eigenvalue weighted by Gasteiger charge is 2.36. The highest BCUT2D eigenvalue weighted by Crippen LogP contribution is 2.36. The Hall–Kier alpha value is -2.30. The molecule has 0 saturated heterocycles. The van der Waals surface area contributed by atoms with Crippen LogP contribution in [0.1, 0.15) is 74.2 Å². The van der Waals surface area contributed by atoms with Gasteiger partial charge >= 0.3 is 5.97 Å². The van der Waals surface area contributed by atoms with Crippen molar-refractivity contribution in [2.75, 3.05) is 12.0 Å². The molecule has 0 bridgehead atoms. The van der Waals surface area contributed by atoms with Crippen molar-refractivity contribution in [2.24, 2.45) is 11.8 Å². The molecule has 164 valence electrons. The summed E-state index contributed by atoms with van der Waals surface area (Å²) in [5, 5.41) is 0. The van der Waals surface area contributed by atoms with E-state index in [0.29, 0.717) is 17.2 Å². The average Bonchev–Trinajstić information content (AvgIpc) is 2.76. The smallest absolute Gasteiger partial charge is 0.339 e. The van der Waals surface area contributed by atoms with Gasteiger partial charge < -0.3 is 14.4 Å². The van der Waals surface area contributed by atoms with Crippen molar-refractivity contribution in [3.05, 3.63) is 42.2 Å². The van der Waals surface area contributed by atoms with Gasteiger partial charge in [0.2, 0.25) is 5.91 Å². The molecule has 1 amide bonds. The van der Waals surface area contributed by atoms with E-state index < -0.39 is 5.97 Å². The maximum absolute atomic E-state index is 13.8. The number of hydrogen-bond acceptors (Lipinski definition) is 4. The highest BCUT2D eigenvalue weighted by atomic mass is 16.5. The Labute approximate surface area is 180 Å². The molecule has 3 rings (SSSR count). The van der Waals surface area contributed by atoms with E-state index in [4.69, 9.17) is 9.47 Å². The van der Waals surface area contributed by atoms with E-state index in [0.717, 1.165) is 56.9 Å². The third-order valence-corrected chi connectivity index (χ3v) is 6.72. The zero-order valence-electron chi connectivity index (χ0n) is 18.6. The van der Waals surface area contributed by atoms with Gasteiger partial charge in [-0.25, -0.2) is 4.79 Å². The molecule has 2 aliphatic rings. The van der Waals surface area contributed by atoms with Crippen molar-refractivity contribution in [2.45, 2.75) is 77.4 Å². The minimum absolute atomic E-state index is 0.0233. The van der Waals surface area contributed by atoms with Crippen LogP contribution in [0.15, 0.2) is 31.0 Å². The predicted molar refractivity (Wildman–Crippen MR) is 118 cm³/mol. The molecule has 5 heteroatoms. The number of hydrogen-bond donors (Lipinski definition) is 0. The van der Waals surface area contributed by atoms with Crippen molar-refractivity contribution >= 4 is 17.6 Å². The predicted octanol–water partition coefficient (Wildman–Crippen LogP) is 5.41. The molecule has 1 aromatic rings. The number of carbonyl (C=O) groups is 2. The molecule has 30 heavy (non-hydrogen) atoms. The lowest BCUT2D eigenvalue weighted by Crippen LogP contribution is -2.47. The first-order valence-electron chi connectivity index (χ1n) is 11.2. The molecule has 0 aromatic heterocycles. The molecule has 0 radical (unpaired) electrons. The van der Waals surface area contributed by atoms with Crippen LogP contribution in [0.25, 0.3) is 0 Å². The molecular formula is C25H35NO4. The molecule has 2 aliphatic carbocycles. The van der Waals surface area contributed by atoms with Gasteiger partial charge in [-0.3, -0.25) is 4.79 Å². The molecule has 0 N–H and O–H groups in total. The third-order valence-electron chi connectivity index (χ3n) is 6.72. The van der Waals surface area contributed by atoms with E-state index in [9.17, 15) is 9.59 Å². The summed E-state index contributed by atoms with van der Waals surface area (Å²) in [7, 11) is 1.39. The zero-order valence-corrected chi connectivity index (χ0v) is 18.6. The van der Waals surface area contributed by atoms with Gasteiger partial charge in [-0.2, -0.15) is 0 Å². The topological polar surface area (TPSA) is 55.8 Å². The number of carbonyl (C=O) groups excluding carboxylic acids is 2. The molecule has 1 aromatic carbocycles. The quantitative estimate of drug-likeness (QED) is 0.462. The monoisotopic (exact) mass is 413 g/mol. The van der Waals surface area contributed by atoms with Gasteiger partial charge in [-0.05, 0) is 76.3 Å². The minimum atomic E-state index is -0.396. The summed E-state index contributed by atoms with van der Waals surface area (Å²) in [5.74, 6) is 0.464. The Bertz CT molecular complexity index is 758. The van der Waals surface area contributed by atoms with Crippen LogP contribution in [0.5, 0.6) is 0 Å². The first-order valence-corrected chi connectivity index (χ1v) is 11.2. The van der Waals surface area contributed by atoms with Gasteiger partial charge in [-0.1, -0.05) is 25.1 Å². The summed E-state index contributed by atoms with van der Waals surface area (Å²) in [6.07, 6.45) is 9.13. The van der Waals surface area contributed by atoms with Crippen molar-refractivity contribution in [1.82, 2.24) is 0 Å². The second-order valence-electron chi connectivity index (χ2n) is 8.91. The molecule has 0 heterocycles. The van der Waals surface area contributed by atoms with Gasteiger partial charge in [-0.15, -0.1) is 0 Å². The molecule has 5 nitrogen and oxygen atoms in total. The van der Waals surface area contributed by atoms with Gasteiger partial charge in [0, 0.05) is 12.0 Å². The normalized spacial score (nSPS) is 26.5. The van der Waals surface area contributed by atoms with E-state index in [-0.39, 0.29) is 24.0 Å². The van der Waals surface area contributed by atoms with Gasteiger partial charge in [0.15, 0.2) is 0 Å². The second-order valence-corrected chi connectivity index (χ2v) is 8.91. The lowest BCUT2D eigenvalue weighted by molar-refractivity contribution is -0.124. The van der Waals surface area contributed by atoms with Crippen LogP contribution >= 0.6 is 0 Å². The van der Waals surface area contributed by atoms with Crippen LogP contribution in [-0.4, -0.2) is 31.1 Å². The maximum Gasteiger partial charge on any atom is 0.339 e. The van der Waals surface area contributed by atoms with E-state index in [1.165, 1.54) is 13.4 Å². The molecule has 0 unspecified atom stereocenters. The number of nitrogens with zero attached hydrogens (tertiary/aromatic N) is 1. The van der Waals surface area contributed by atoms with Gasteiger partial charge in [0.05, 0.1) is 30.7 Å². The van der Waals surface area contributed by atoms with Crippen molar-refractivity contribution in [1.29, 1.82) is 0 Å². The Morgan fingerprint density at radius 2 is 1.73 bits per heavy atom. The van der Waals surface area contributed by atoms with E-state index in [1.807, 2.05) is 30.0 Å². The molecule has 2 fully saturated rings. The highest BCUT2D eigenvalue weighted by molar-refractivity contribution is 6.03. The summed E-state index contributed by atoms with van der Waals surface area (Å²) < 4.78 is 10.6. The second kappa shape index (κ2) is 10.1. The molecule has 0 spiro atoms. The fraction of sp³-hybridized carbons (Fsp3) is 0.600. The van der Waals surface area contributed by atoms with Crippen molar-refractivity contribution in [3.8, 4) is 0 Å². The number of rotatable bonds is 6. The molecule has 0 aliphatic heterocycles. The Morgan fingerprint density at radius 3 is 2.33 bits per heavy atom. The van der Waals surface area contributed by atoms with Crippen LogP contribution in [0, 0.1) is 18.8 Å². The van der Waals surface area contributed by atoms with E-state index >= 15 is 0 Å². The average molecular weight is 414 g/mol. The SMILES string of the molecule is C=COC1CCC(N(C(=O)C2CCC(C)CC2)c2ccc(C)cc2C(=O)OC)CC1. The Kier molecular flexibility index (Phi) is 7.57. The van der Waals surface area contributed by atoms with Crippen molar-refractivity contribution in [3.63, 3.8) is 0 Å². The third kappa shape index (κ3) is 5.05. The summed E-state index contributed by atoms with van der Waals surface area (Å²) in [6, 6.07) is 5.78.